The largest absolute Gasteiger partial charge is 0.308 e. The first-order valence-corrected chi connectivity index (χ1v) is 9.52. The molecule has 130 valence electrons. The number of rotatable bonds is 1. The fourth-order valence-corrected chi connectivity index (χ4v) is 3.88. The van der Waals surface area contributed by atoms with Gasteiger partial charge in [-0.1, -0.05) is 36.4 Å². The predicted octanol–water partition coefficient (Wildman–Crippen LogP) is 5.16. The van der Waals surface area contributed by atoms with Gasteiger partial charge in [-0.2, -0.15) is 0 Å². The number of amides is 1. The zero-order valence-corrected chi connectivity index (χ0v) is 16.2. The maximum atomic E-state index is 12.3. The molecule has 0 saturated heterocycles. The summed E-state index contributed by atoms with van der Waals surface area (Å²) < 4.78 is 0.832. The Morgan fingerprint density at radius 1 is 0.962 bits per heavy atom. The maximum absolute atomic E-state index is 12.3. The summed E-state index contributed by atoms with van der Waals surface area (Å²) in [4.78, 5) is 18.7. The number of pyridine rings is 1. The number of carbonyl (C=O) groups is 1. The highest BCUT2D eigenvalue weighted by molar-refractivity contribution is 9.10. The Bertz CT molecular complexity index is 983. The first-order chi connectivity index (χ1) is 12.6. The monoisotopic (exact) mass is 406 g/mol. The fourth-order valence-electron chi connectivity index (χ4n) is 3.53. The van der Waals surface area contributed by atoms with Gasteiger partial charge < -0.3 is 4.90 Å². The van der Waals surface area contributed by atoms with Crippen LogP contribution in [0.2, 0.25) is 0 Å². The molecule has 0 spiro atoms. The molecule has 4 heteroatoms. The number of benzene rings is 2. The molecule has 1 aromatic heterocycles. The van der Waals surface area contributed by atoms with Crippen LogP contribution in [0.4, 0.5) is 5.69 Å². The van der Waals surface area contributed by atoms with E-state index in [1.54, 1.807) is 6.92 Å². The van der Waals surface area contributed by atoms with Gasteiger partial charge in [0.25, 0.3) is 0 Å². The van der Waals surface area contributed by atoms with E-state index >= 15 is 0 Å². The van der Waals surface area contributed by atoms with Crippen molar-refractivity contribution >= 4 is 27.5 Å². The highest BCUT2D eigenvalue weighted by atomic mass is 79.9. The number of aromatic nitrogens is 1. The quantitative estimate of drug-likeness (QED) is 0.522. The summed E-state index contributed by atoms with van der Waals surface area (Å²) in [5, 5.41) is 0. The molecule has 1 amide bonds. The van der Waals surface area contributed by atoms with Gasteiger partial charge in [0.15, 0.2) is 0 Å². The van der Waals surface area contributed by atoms with E-state index in [1.165, 1.54) is 16.7 Å². The van der Waals surface area contributed by atoms with Crippen molar-refractivity contribution in [2.24, 2.45) is 0 Å². The van der Waals surface area contributed by atoms with Crippen LogP contribution in [0.5, 0.6) is 0 Å². The van der Waals surface area contributed by atoms with Gasteiger partial charge in [0.1, 0.15) is 4.60 Å². The number of hydrogen-bond acceptors (Lipinski definition) is 2. The minimum Gasteiger partial charge on any atom is -0.308 e. The van der Waals surface area contributed by atoms with Crippen LogP contribution < -0.4 is 4.90 Å². The second kappa shape index (κ2) is 7.04. The number of para-hydroxylation sites is 1. The van der Waals surface area contributed by atoms with Crippen molar-refractivity contribution in [3.05, 3.63) is 82.0 Å². The second-order valence-corrected chi connectivity index (χ2v) is 7.38. The second-order valence-electron chi connectivity index (χ2n) is 6.56. The van der Waals surface area contributed by atoms with E-state index < -0.39 is 0 Å². The van der Waals surface area contributed by atoms with Crippen molar-refractivity contribution < 1.29 is 4.79 Å². The van der Waals surface area contributed by atoms with E-state index in [-0.39, 0.29) is 5.91 Å². The van der Waals surface area contributed by atoms with E-state index in [9.17, 15) is 4.79 Å². The molecule has 0 saturated carbocycles. The first kappa shape index (κ1) is 17.0. The number of aryl methyl sites for hydroxylation is 2. The molecule has 0 N–H and O–H groups in total. The molecule has 3 aromatic rings. The van der Waals surface area contributed by atoms with Gasteiger partial charge in [0, 0.05) is 18.2 Å². The molecule has 3 nitrogen and oxygen atoms in total. The highest BCUT2D eigenvalue weighted by Crippen LogP contribution is 2.30. The number of hydrogen-bond donors (Lipinski definition) is 0. The van der Waals surface area contributed by atoms with Gasteiger partial charge in [-0.05, 0) is 69.7 Å². The molecule has 0 bridgehead atoms. The minimum atomic E-state index is 0.0723. The lowest BCUT2D eigenvalue weighted by atomic mass is 9.93. The summed E-state index contributed by atoms with van der Waals surface area (Å²) in [5.41, 5.74) is 6.79. The number of halogens is 1. The zero-order chi connectivity index (χ0) is 18.1. The topological polar surface area (TPSA) is 33.2 Å². The molecule has 1 aliphatic rings. The van der Waals surface area contributed by atoms with Crippen LogP contribution in [0.25, 0.3) is 11.3 Å². The lowest BCUT2D eigenvalue weighted by molar-refractivity contribution is -0.116. The van der Waals surface area contributed by atoms with Crippen molar-refractivity contribution in [2.75, 3.05) is 4.90 Å². The van der Waals surface area contributed by atoms with Crippen molar-refractivity contribution in [1.82, 2.24) is 4.98 Å². The molecule has 0 atom stereocenters. The van der Waals surface area contributed by atoms with Crippen LogP contribution in [0, 0.1) is 0 Å². The van der Waals surface area contributed by atoms with Crippen LogP contribution >= 0.6 is 15.9 Å². The number of fused-ring (bicyclic) bond motifs is 2. The molecular formula is C22H19BrN2O. The molecule has 26 heavy (non-hydrogen) atoms. The molecule has 4 rings (SSSR count). The van der Waals surface area contributed by atoms with E-state index in [0.29, 0.717) is 6.54 Å². The zero-order valence-electron chi connectivity index (χ0n) is 14.6. The molecular weight excluding hydrogens is 388 g/mol. The predicted molar refractivity (Wildman–Crippen MR) is 108 cm³/mol. The number of anilines is 1. The Morgan fingerprint density at radius 2 is 1.77 bits per heavy atom. The third-order valence-corrected chi connectivity index (χ3v) is 5.31. The first-order valence-electron chi connectivity index (χ1n) is 8.72. The SMILES string of the molecule is CC(=O)N1Cc2ccc(-c3cccc(Br)n3)cc2CCc2ccccc21. The molecule has 2 aromatic carbocycles. The minimum absolute atomic E-state index is 0.0723. The fraction of sp³-hybridized carbons (Fsp3) is 0.182. The van der Waals surface area contributed by atoms with Gasteiger partial charge >= 0.3 is 0 Å². The van der Waals surface area contributed by atoms with Gasteiger partial charge in [-0.15, -0.1) is 0 Å². The van der Waals surface area contributed by atoms with Crippen LogP contribution in [-0.4, -0.2) is 10.9 Å². The Hall–Kier alpha value is -2.46. The van der Waals surface area contributed by atoms with Gasteiger partial charge in [-0.25, -0.2) is 4.98 Å². The van der Waals surface area contributed by atoms with Crippen molar-refractivity contribution in [3.63, 3.8) is 0 Å². The molecule has 0 radical (unpaired) electrons. The van der Waals surface area contributed by atoms with Crippen LogP contribution in [0.1, 0.15) is 23.6 Å². The molecule has 0 fully saturated rings. The van der Waals surface area contributed by atoms with Crippen LogP contribution in [0.15, 0.2) is 65.3 Å². The number of nitrogens with zero attached hydrogens (tertiary/aromatic N) is 2. The summed E-state index contributed by atoms with van der Waals surface area (Å²) >= 11 is 3.44. The highest BCUT2D eigenvalue weighted by Gasteiger charge is 2.20. The standard InChI is InChI=1S/C22H19BrN2O/c1-15(26)25-14-19-12-11-18(20-6-4-8-22(23)24-20)13-17(19)10-9-16-5-2-3-7-21(16)25/h2-8,11-13H,9-10,14H2,1H3. The van der Waals surface area contributed by atoms with Crippen molar-refractivity contribution in [1.29, 1.82) is 0 Å². The Morgan fingerprint density at radius 3 is 2.58 bits per heavy atom. The average molecular weight is 407 g/mol. The average Bonchev–Trinajstić information content (AvgIpc) is 2.63. The van der Waals surface area contributed by atoms with E-state index in [0.717, 1.165) is 34.4 Å². The normalized spacial score (nSPS) is 13.4. The van der Waals surface area contributed by atoms with E-state index in [4.69, 9.17) is 0 Å². The number of carbonyl (C=O) groups excluding carboxylic acids is 1. The van der Waals surface area contributed by atoms with Crippen molar-refractivity contribution in [2.45, 2.75) is 26.3 Å². The third kappa shape index (κ3) is 3.29. The summed E-state index contributed by atoms with van der Waals surface area (Å²) in [6.45, 7) is 2.24. The molecule has 0 aliphatic carbocycles. The van der Waals surface area contributed by atoms with Crippen LogP contribution in [-0.2, 0) is 24.2 Å². The lowest BCUT2D eigenvalue weighted by Gasteiger charge is -2.28. The molecule has 2 heterocycles. The summed E-state index contributed by atoms with van der Waals surface area (Å²) in [7, 11) is 0. The summed E-state index contributed by atoms with van der Waals surface area (Å²) in [6, 6.07) is 20.6. The van der Waals surface area contributed by atoms with E-state index in [2.05, 4.69) is 45.2 Å². The molecule has 1 aliphatic heterocycles. The van der Waals surface area contributed by atoms with Gasteiger partial charge in [0.05, 0.1) is 12.2 Å². The van der Waals surface area contributed by atoms with Gasteiger partial charge in [0.2, 0.25) is 5.91 Å². The Labute approximate surface area is 161 Å². The lowest BCUT2D eigenvalue weighted by Crippen LogP contribution is -2.30. The third-order valence-electron chi connectivity index (χ3n) is 4.87. The van der Waals surface area contributed by atoms with Crippen molar-refractivity contribution in [3.8, 4) is 11.3 Å². The smallest absolute Gasteiger partial charge is 0.224 e. The van der Waals surface area contributed by atoms with E-state index in [1.807, 2.05) is 41.3 Å². The maximum Gasteiger partial charge on any atom is 0.224 e. The Balaban J connectivity index is 1.76. The Kier molecular flexibility index (Phi) is 4.60. The van der Waals surface area contributed by atoms with Crippen LogP contribution in [0.3, 0.4) is 0 Å². The molecule has 0 unspecified atom stereocenters. The van der Waals surface area contributed by atoms with Gasteiger partial charge in [-0.3, -0.25) is 4.79 Å². The summed E-state index contributed by atoms with van der Waals surface area (Å²) in [5.74, 6) is 0.0723. The summed E-state index contributed by atoms with van der Waals surface area (Å²) in [6.07, 6.45) is 1.88.